The van der Waals surface area contributed by atoms with Gasteiger partial charge in [0.1, 0.15) is 11.6 Å². The largest absolute Gasteiger partial charge is 0.497 e. The molecule has 0 N–H and O–H groups in total. The Bertz CT molecular complexity index is 664. The number of ether oxygens (including phenoxy) is 2. The van der Waals surface area contributed by atoms with Crippen molar-refractivity contribution in [3.63, 3.8) is 0 Å². The van der Waals surface area contributed by atoms with Crippen molar-refractivity contribution in [3.8, 4) is 5.75 Å². The van der Waals surface area contributed by atoms with Crippen molar-refractivity contribution < 1.29 is 18.7 Å². The predicted molar refractivity (Wildman–Crippen MR) is 83.9 cm³/mol. The lowest BCUT2D eigenvalue weighted by atomic mass is 10.1. The van der Waals surface area contributed by atoms with Gasteiger partial charge in [-0.25, -0.2) is 4.39 Å². The molecule has 2 aromatic rings. The lowest BCUT2D eigenvalue weighted by Gasteiger charge is -2.39. The summed E-state index contributed by atoms with van der Waals surface area (Å²) in [6, 6.07) is 13.3. The summed E-state index contributed by atoms with van der Waals surface area (Å²) in [5.74, 6) is 0.466. The van der Waals surface area contributed by atoms with Gasteiger partial charge in [-0.15, -0.1) is 0 Å². The normalized spacial score (nSPS) is 14.4. The number of carbonyl (C=O) groups excluding carboxylic acids is 1. The van der Waals surface area contributed by atoms with Crippen LogP contribution in [0.3, 0.4) is 0 Å². The zero-order chi connectivity index (χ0) is 16.2. The molecule has 0 saturated carbocycles. The van der Waals surface area contributed by atoms with Gasteiger partial charge in [-0.2, -0.15) is 0 Å². The molecule has 0 unspecified atom stereocenters. The van der Waals surface area contributed by atoms with Crippen LogP contribution >= 0.6 is 0 Å². The van der Waals surface area contributed by atoms with E-state index < -0.39 is 0 Å². The maximum atomic E-state index is 12.8. The second kappa shape index (κ2) is 6.79. The minimum absolute atomic E-state index is 0.00529. The van der Waals surface area contributed by atoms with Crippen LogP contribution in [0.2, 0.25) is 0 Å². The SMILES string of the molecule is COc1ccc(C(=O)N2CC(OCc3ccc(F)cc3)C2)cc1. The molecule has 0 spiro atoms. The van der Waals surface area contributed by atoms with Crippen LogP contribution in [-0.2, 0) is 11.3 Å². The Hall–Kier alpha value is -2.40. The molecule has 0 aliphatic carbocycles. The van der Waals surface area contributed by atoms with Crippen LogP contribution in [0.25, 0.3) is 0 Å². The van der Waals surface area contributed by atoms with Crippen molar-refractivity contribution in [1.82, 2.24) is 4.90 Å². The number of likely N-dealkylation sites (tertiary alicyclic amines) is 1. The average molecular weight is 315 g/mol. The molecule has 4 nitrogen and oxygen atoms in total. The highest BCUT2D eigenvalue weighted by atomic mass is 19.1. The maximum absolute atomic E-state index is 12.8. The van der Waals surface area contributed by atoms with E-state index >= 15 is 0 Å². The fourth-order valence-corrected chi connectivity index (χ4v) is 2.42. The van der Waals surface area contributed by atoms with Gasteiger partial charge >= 0.3 is 0 Å². The van der Waals surface area contributed by atoms with Crippen LogP contribution in [0, 0.1) is 5.82 Å². The monoisotopic (exact) mass is 315 g/mol. The standard InChI is InChI=1S/C18H18FNO3/c1-22-16-8-4-14(5-9-16)18(21)20-10-17(11-20)23-12-13-2-6-15(19)7-3-13/h2-9,17H,10-12H2,1H3. The first-order valence-corrected chi connectivity index (χ1v) is 7.45. The van der Waals surface area contributed by atoms with E-state index in [1.165, 1.54) is 12.1 Å². The van der Waals surface area contributed by atoms with E-state index in [0.29, 0.717) is 25.3 Å². The highest BCUT2D eigenvalue weighted by Crippen LogP contribution is 2.19. The fourth-order valence-electron chi connectivity index (χ4n) is 2.42. The Morgan fingerprint density at radius 3 is 2.39 bits per heavy atom. The minimum Gasteiger partial charge on any atom is -0.497 e. The summed E-state index contributed by atoms with van der Waals surface area (Å²) in [5, 5.41) is 0. The van der Waals surface area contributed by atoms with Gasteiger partial charge in [-0.05, 0) is 42.0 Å². The van der Waals surface area contributed by atoms with Crippen LogP contribution in [0.15, 0.2) is 48.5 Å². The minimum atomic E-state index is -0.256. The molecule has 1 aliphatic rings. The number of amides is 1. The number of hydrogen-bond donors (Lipinski definition) is 0. The van der Waals surface area contributed by atoms with E-state index in [2.05, 4.69) is 0 Å². The Balaban J connectivity index is 1.46. The second-order valence-electron chi connectivity index (χ2n) is 5.50. The number of carbonyl (C=O) groups is 1. The fraction of sp³-hybridized carbons (Fsp3) is 0.278. The summed E-state index contributed by atoms with van der Waals surface area (Å²) in [4.78, 5) is 14.0. The quantitative estimate of drug-likeness (QED) is 0.851. The van der Waals surface area contributed by atoms with Gasteiger partial charge < -0.3 is 14.4 Å². The molecule has 2 aromatic carbocycles. The van der Waals surface area contributed by atoms with Gasteiger partial charge in [0.15, 0.2) is 0 Å². The van der Waals surface area contributed by atoms with E-state index in [-0.39, 0.29) is 17.8 Å². The number of benzene rings is 2. The molecular formula is C18H18FNO3. The number of rotatable bonds is 5. The third-order valence-corrected chi connectivity index (χ3v) is 3.87. The molecular weight excluding hydrogens is 297 g/mol. The van der Waals surface area contributed by atoms with Gasteiger partial charge in [0.25, 0.3) is 5.91 Å². The molecule has 0 aromatic heterocycles. The van der Waals surface area contributed by atoms with E-state index in [1.807, 2.05) is 0 Å². The van der Waals surface area contributed by atoms with E-state index in [9.17, 15) is 9.18 Å². The number of halogens is 1. The topological polar surface area (TPSA) is 38.8 Å². The van der Waals surface area contributed by atoms with Gasteiger partial charge in [-0.3, -0.25) is 4.79 Å². The lowest BCUT2D eigenvalue weighted by molar-refractivity contribution is -0.0503. The Morgan fingerprint density at radius 2 is 1.78 bits per heavy atom. The molecule has 1 saturated heterocycles. The van der Waals surface area contributed by atoms with Crippen molar-refractivity contribution in [2.75, 3.05) is 20.2 Å². The molecule has 3 rings (SSSR count). The molecule has 0 radical (unpaired) electrons. The van der Waals surface area contributed by atoms with Crippen molar-refractivity contribution >= 4 is 5.91 Å². The Morgan fingerprint density at radius 1 is 1.13 bits per heavy atom. The first-order chi connectivity index (χ1) is 11.2. The van der Waals surface area contributed by atoms with Crippen molar-refractivity contribution in [3.05, 3.63) is 65.5 Å². The third kappa shape index (κ3) is 3.68. The van der Waals surface area contributed by atoms with Crippen molar-refractivity contribution in [1.29, 1.82) is 0 Å². The zero-order valence-electron chi connectivity index (χ0n) is 12.9. The first-order valence-electron chi connectivity index (χ1n) is 7.45. The number of hydrogen-bond acceptors (Lipinski definition) is 3. The molecule has 1 amide bonds. The van der Waals surface area contributed by atoms with Gasteiger partial charge in [0.05, 0.1) is 19.8 Å². The molecule has 1 aliphatic heterocycles. The molecule has 0 atom stereocenters. The molecule has 1 heterocycles. The molecule has 120 valence electrons. The van der Waals surface area contributed by atoms with E-state index in [1.54, 1.807) is 48.4 Å². The average Bonchev–Trinajstić information content (AvgIpc) is 2.55. The van der Waals surface area contributed by atoms with Gasteiger partial charge in [0.2, 0.25) is 0 Å². The summed E-state index contributed by atoms with van der Waals surface area (Å²) < 4.78 is 23.6. The second-order valence-corrected chi connectivity index (χ2v) is 5.50. The number of methoxy groups -OCH3 is 1. The molecule has 0 bridgehead atoms. The van der Waals surface area contributed by atoms with Crippen molar-refractivity contribution in [2.24, 2.45) is 0 Å². The third-order valence-electron chi connectivity index (χ3n) is 3.87. The van der Waals surface area contributed by atoms with Crippen LogP contribution in [0.4, 0.5) is 4.39 Å². The summed E-state index contributed by atoms with van der Waals surface area (Å²) >= 11 is 0. The Kier molecular flexibility index (Phi) is 4.57. The van der Waals surface area contributed by atoms with E-state index in [0.717, 1.165) is 11.3 Å². The summed E-state index contributed by atoms with van der Waals surface area (Å²) in [7, 11) is 1.59. The summed E-state index contributed by atoms with van der Waals surface area (Å²) in [6.45, 7) is 1.58. The van der Waals surface area contributed by atoms with Crippen LogP contribution < -0.4 is 4.74 Å². The highest BCUT2D eigenvalue weighted by Gasteiger charge is 2.31. The van der Waals surface area contributed by atoms with Gasteiger partial charge in [0, 0.05) is 18.7 Å². The summed E-state index contributed by atoms with van der Waals surface area (Å²) in [6.07, 6.45) is 0.0299. The first kappa shape index (κ1) is 15.5. The number of nitrogens with zero attached hydrogens (tertiary/aromatic N) is 1. The lowest BCUT2D eigenvalue weighted by Crippen LogP contribution is -2.54. The molecule has 1 fully saturated rings. The zero-order valence-corrected chi connectivity index (χ0v) is 12.9. The highest BCUT2D eigenvalue weighted by molar-refractivity contribution is 5.94. The Labute approximate surface area is 134 Å². The van der Waals surface area contributed by atoms with Crippen LogP contribution in [0.5, 0.6) is 5.75 Å². The van der Waals surface area contributed by atoms with Gasteiger partial charge in [-0.1, -0.05) is 12.1 Å². The van der Waals surface area contributed by atoms with Crippen molar-refractivity contribution in [2.45, 2.75) is 12.7 Å². The maximum Gasteiger partial charge on any atom is 0.254 e. The predicted octanol–water partition coefficient (Wildman–Crippen LogP) is 2.88. The van der Waals surface area contributed by atoms with E-state index in [4.69, 9.17) is 9.47 Å². The van der Waals surface area contributed by atoms with Crippen LogP contribution in [0.1, 0.15) is 15.9 Å². The summed E-state index contributed by atoms with van der Waals surface area (Å²) in [5.41, 5.74) is 1.56. The molecule has 5 heteroatoms. The van der Waals surface area contributed by atoms with Crippen LogP contribution in [-0.4, -0.2) is 37.1 Å². The smallest absolute Gasteiger partial charge is 0.254 e. The molecule has 23 heavy (non-hydrogen) atoms.